The Morgan fingerprint density at radius 3 is 2.52 bits per heavy atom. The van der Waals surface area contributed by atoms with Crippen molar-refractivity contribution in [1.82, 2.24) is 9.97 Å². The molecule has 12 heteroatoms. The van der Waals surface area contributed by atoms with E-state index >= 15 is 0 Å². The van der Waals surface area contributed by atoms with Crippen molar-refractivity contribution < 1.29 is 31.1 Å². The Balaban J connectivity index is 2.07. The van der Waals surface area contributed by atoms with Gasteiger partial charge >= 0.3 is 6.18 Å². The van der Waals surface area contributed by atoms with Crippen molar-refractivity contribution in [2.45, 2.75) is 11.3 Å². The topological polar surface area (TPSA) is 74.8 Å². The number of halogens is 6. The maximum atomic E-state index is 13.4. The lowest BCUT2D eigenvalue weighted by atomic mass is 10.3. The van der Waals surface area contributed by atoms with Crippen LogP contribution in [0.5, 0.6) is 0 Å². The van der Waals surface area contributed by atoms with Crippen molar-refractivity contribution in [3.8, 4) is 0 Å². The van der Waals surface area contributed by atoms with Crippen molar-refractivity contribution >= 4 is 23.4 Å². The van der Waals surface area contributed by atoms with Crippen LogP contribution in [0.1, 0.15) is 5.69 Å². The first kappa shape index (κ1) is 18.8. The number of anilines is 1. The smallest absolute Gasteiger partial charge is 0.323 e. The number of H-pyrrole nitrogens is 1. The number of aromatic nitrogens is 2. The molecule has 0 bridgehead atoms. The minimum absolute atomic E-state index is 0.251. The van der Waals surface area contributed by atoms with Crippen LogP contribution in [0, 0.1) is 17.5 Å². The number of hydrogen-bond acceptors (Lipinski definition) is 4. The number of amides is 1. The van der Waals surface area contributed by atoms with Gasteiger partial charge in [0.05, 0.1) is 11.4 Å². The maximum absolute atomic E-state index is 13.4. The summed E-state index contributed by atoms with van der Waals surface area (Å²) in [6.07, 6.45) is -4.85. The Bertz CT molecular complexity index is 868. The van der Waals surface area contributed by atoms with Gasteiger partial charge in [0, 0.05) is 6.07 Å². The fourth-order valence-corrected chi connectivity index (χ4v) is 2.27. The Morgan fingerprint density at radius 1 is 1.20 bits per heavy atom. The van der Waals surface area contributed by atoms with E-state index < -0.39 is 57.4 Å². The van der Waals surface area contributed by atoms with Crippen molar-refractivity contribution in [1.29, 1.82) is 0 Å². The third-order valence-corrected chi connectivity index (χ3v) is 3.53. The highest BCUT2D eigenvalue weighted by molar-refractivity contribution is 7.99. The van der Waals surface area contributed by atoms with Crippen LogP contribution in [0.3, 0.4) is 0 Å². The van der Waals surface area contributed by atoms with Crippen LogP contribution in [0.4, 0.5) is 32.0 Å². The van der Waals surface area contributed by atoms with Crippen LogP contribution in [0.25, 0.3) is 0 Å². The maximum Gasteiger partial charge on any atom is 0.433 e. The first-order valence-corrected chi connectivity index (χ1v) is 7.31. The molecule has 1 heterocycles. The molecular weight excluding hydrogens is 376 g/mol. The van der Waals surface area contributed by atoms with E-state index in [2.05, 4.69) is 4.98 Å². The number of carbonyl (C=O) groups excluding carboxylic acids is 1. The van der Waals surface area contributed by atoms with Gasteiger partial charge in [-0.2, -0.15) is 13.2 Å². The lowest BCUT2D eigenvalue weighted by molar-refractivity contribution is -0.141. The van der Waals surface area contributed by atoms with E-state index in [1.165, 1.54) is 0 Å². The molecule has 0 radical (unpaired) electrons. The van der Waals surface area contributed by atoms with Gasteiger partial charge in [-0.3, -0.25) is 9.59 Å². The second-order valence-electron chi connectivity index (χ2n) is 4.49. The third-order valence-electron chi connectivity index (χ3n) is 2.66. The van der Waals surface area contributed by atoms with E-state index in [1.807, 2.05) is 10.3 Å². The summed E-state index contributed by atoms with van der Waals surface area (Å²) in [5.74, 6) is -6.35. The molecule has 1 aromatic heterocycles. The fraction of sp³-hybridized carbons (Fsp3) is 0.154. The zero-order valence-electron chi connectivity index (χ0n) is 11.9. The molecule has 5 nitrogen and oxygen atoms in total. The molecule has 2 rings (SSSR count). The normalized spacial score (nSPS) is 11.4. The van der Waals surface area contributed by atoms with E-state index in [1.54, 1.807) is 0 Å². The summed E-state index contributed by atoms with van der Waals surface area (Å²) in [7, 11) is 0. The van der Waals surface area contributed by atoms with Crippen molar-refractivity contribution in [2.75, 3.05) is 11.1 Å². The van der Waals surface area contributed by atoms with Crippen LogP contribution in [-0.4, -0.2) is 21.6 Å². The second kappa shape index (κ2) is 7.17. The molecule has 0 spiro atoms. The molecule has 1 aromatic carbocycles. The number of carbonyl (C=O) groups is 1. The summed E-state index contributed by atoms with van der Waals surface area (Å²) in [5.41, 5.74) is -3.15. The highest BCUT2D eigenvalue weighted by atomic mass is 32.2. The Kier molecular flexibility index (Phi) is 5.40. The molecule has 25 heavy (non-hydrogen) atoms. The predicted octanol–water partition coefficient (Wildman–Crippen LogP) is 2.94. The number of rotatable bonds is 4. The molecule has 2 aromatic rings. The average Bonchev–Trinajstić information content (AvgIpc) is 2.52. The van der Waals surface area contributed by atoms with Gasteiger partial charge < -0.3 is 10.3 Å². The first-order valence-electron chi connectivity index (χ1n) is 6.32. The zero-order valence-corrected chi connectivity index (χ0v) is 12.7. The van der Waals surface area contributed by atoms with Crippen LogP contribution in [-0.2, 0) is 11.0 Å². The minimum atomic E-state index is -4.85. The van der Waals surface area contributed by atoms with E-state index in [-0.39, 0.29) is 6.07 Å². The number of alkyl halides is 3. The first-order chi connectivity index (χ1) is 11.6. The number of nitrogens with one attached hydrogen (secondary N) is 2. The van der Waals surface area contributed by atoms with Crippen molar-refractivity contribution in [3.05, 3.63) is 51.7 Å². The number of nitrogens with zero attached hydrogens (tertiary/aromatic N) is 1. The van der Waals surface area contributed by atoms with Gasteiger partial charge in [0.2, 0.25) is 5.91 Å². The average molecular weight is 383 g/mol. The molecule has 0 unspecified atom stereocenters. The molecule has 1 amide bonds. The lowest BCUT2D eigenvalue weighted by Gasteiger charge is -2.08. The summed E-state index contributed by atoms with van der Waals surface area (Å²) in [4.78, 5) is 28.0. The Hall–Kier alpha value is -2.50. The summed E-state index contributed by atoms with van der Waals surface area (Å²) >= 11 is 0.436. The van der Waals surface area contributed by atoms with Crippen molar-refractivity contribution in [3.63, 3.8) is 0 Å². The summed E-state index contributed by atoms with van der Waals surface area (Å²) < 4.78 is 76.8. The quantitative estimate of drug-likeness (QED) is 0.369. The minimum Gasteiger partial charge on any atom is -0.323 e. The van der Waals surface area contributed by atoms with Gasteiger partial charge in [0.25, 0.3) is 5.56 Å². The standard InChI is InChI=1S/C13H7F6N3O2S/c14-5-1-2-6(11(16)10(5)15)20-9(24)4-25-12-21-7(13(17,18)19)3-8(23)22-12/h1-3H,4H2,(H,20,24)(H,21,22,23). The SMILES string of the molecule is O=C(CSc1nc(C(F)(F)F)cc(=O)[nH]1)Nc1ccc(F)c(F)c1F. The van der Waals surface area contributed by atoms with Crippen LogP contribution in [0.2, 0.25) is 0 Å². The molecule has 0 saturated heterocycles. The van der Waals surface area contributed by atoms with Gasteiger partial charge in [-0.1, -0.05) is 11.8 Å². The largest absolute Gasteiger partial charge is 0.433 e. The molecule has 0 aliphatic rings. The molecule has 0 atom stereocenters. The fourth-order valence-electron chi connectivity index (χ4n) is 1.59. The van der Waals surface area contributed by atoms with Crippen molar-refractivity contribution in [2.24, 2.45) is 0 Å². The molecule has 0 saturated carbocycles. The van der Waals surface area contributed by atoms with E-state index in [0.29, 0.717) is 17.8 Å². The van der Waals surface area contributed by atoms with Gasteiger partial charge in [0.1, 0.15) is 0 Å². The number of benzene rings is 1. The van der Waals surface area contributed by atoms with Gasteiger partial charge in [-0.25, -0.2) is 18.2 Å². The molecule has 0 fully saturated rings. The van der Waals surface area contributed by atoms with E-state index in [4.69, 9.17) is 0 Å². The zero-order chi connectivity index (χ0) is 18.8. The van der Waals surface area contributed by atoms with Gasteiger partial charge in [-0.05, 0) is 12.1 Å². The lowest BCUT2D eigenvalue weighted by Crippen LogP contribution is -2.19. The number of aromatic amines is 1. The van der Waals surface area contributed by atoms with Crippen LogP contribution < -0.4 is 10.9 Å². The second-order valence-corrected chi connectivity index (χ2v) is 5.46. The highest BCUT2D eigenvalue weighted by Gasteiger charge is 2.33. The third kappa shape index (κ3) is 4.75. The Morgan fingerprint density at radius 2 is 1.88 bits per heavy atom. The van der Waals surface area contributed by atoms with Crippen LogP contribution in [0.15, 0.2) is 28.2 Å². The van der Waals surface area contributed by atoms with Gasteiger partial charge in [-0.15, -0.1) is 0 Å². The monoisotopic (exact) mass is 383 g/mol. The molecule has 2 N–H and O–H groups in total. The van der Waals surface area contributed by atoms with E-state index in [9.17, 15) is 35.9 Å². The summed E-state index contributed by atoms with van der Waals surface area (Å²) in [5, 5.41) is 1.44. The van der Waals surface area contributed by atoms with Crippen LogP contribution >= 0.6 is 11.8 Å². The summed E-state index contributed by atoms with van der Waals surface area (Å²) in [6, 6.07) is 1.62. The molecular formula is C13H7F6N3O2S. The molecule has 0 aliphatic carbocycles. The number of hydrogen-bond donors (Lipinski definition) is 2. The summed E-state index contributed by atoms with van der Waals surface area (Å²) in [6.45, 7) is 0. The molecule has 0 aliphatic heterocycles. The van der Waals surface area contributed by atoms with E-state index in [0.717, 1.165) is 6.07 Å². The Labute approximate surface area is 139 Å². The predicted molar refractivity (Wildman–Crippen MR) is 75.5 cm³/mol. The van der Waals surface area contributed by atoms with Gasteiger partial charge in [0.15, 0.2) is 28.3 Å². The number of thioether (sulfide) groups is 1. The highest BCUT2D eigenvalue weighted by Crippen LogP contribution is 2.27. The molecule has 134 valence electrons.